The SMILES string of the molecule is O=S(=O)(Nc1noc2cccc(Cl)c12)c1cccc2c1OCCO2. The number of sulfonamides is 1. The Morgan fingerprint density at radius 3 is 2.75 bits per heavy atom. The van der Waals surface area contributed by atoms with Gasteiger partial charge >= 0.3 is 0 Å². The number of rotatable bonds is 3. The van der Waals surface area contributed by atoms with Gasteiger partial charge in [-0.1, -0.05) is 28.9 Å². The van der Waals surface area contributed by atoms with E-state index in [1.807, 2.05) is 0 Å². The lowest BCUT2D eigenvalue weighted by atomic mass is 10.2. The van der Waals surface area contributed by atoms with Gasteiger partial charge < -0.3 is 14.0 Å². The molecule has 3 aromatic rings. The van der Waals surface area contributed by atoms with Gasteiger partial charge in [0.15, 0.2) is 22.9 Å². The van der Waals surface area contributed by atoms with Gasteiger partial charge in [-0.05, 0) is 24.3 Å². The molecule has 7 nitrogen and oxygen atoms in total. The lowest BCUT2D eigenvalue weighted by Crippen LogP contribution is -2.20. The van der Waals surface area contributed by atoms with Crippen LogP contribution in [0.3, 0.4) is 0 Å². The first-order valence-electron chi connectivity index (χ1n) is 7.01. The molecule has 0 spiro atoms. The molecule has 0 saturated heterocycles. The number of ether oxygens (including phenoxy) is 2. The van der Waals surface area contributed by atoms with Crippen LogP contribution in [0.5, 0.6) is 11.5 Å². The lowest BCUT2D eigenvalue weighted by Gasteiger charge is -2.20. The third-order valence-electron chi connectivity index (χ3n) is 3.50. The molecule has 24 heavy (non-hydrogen) atoms. The maximum atomic E-state index is 12.8. The van der Waals surface area contributed by atoms with Crippen molar-refractivity contribution >= 4 is 38.4 Å². The molecule has 9 heteroatoms. The van der Waals surface area contributed by atoms with Crippen molar-refractivity contribution in [1.29, 1.82) is 0 Å². The monoisotopic (exact) mass is 366 g/mol. The topological polar surface area (TPSA) is 90.7 Å². The van der Waals surface area contributed by atoms with E-state index in [1.165, 1.54) is 6.07 Å². The van der Waals surface area contributed by atoms with Crippen LogP contribution < -0.4 is 14.2 Å². The van der Waals surface area contributed by atoms with Crippen LogP contribution in [0.1, 0.15) is 0 Å². The van der Waals surface area contributed by atoms with Crippen LogP contribution in [0.15, 0.2) is 45.8 Å². The van der Waals surface area contributed by atoms with E-state index in [4.69, 9.17) is 25.6 Å². The number of nitrogens with one attached hydrogen (secondary N) is 1. The molecule has 2 heterocycles. The Kier molecular flexibility index (Phi) is 3.50. The second kappa shape index (κ2) is 5.57. The maximum Gasteiger partial charge on any atom is 0.266 e. The van der Waals surface area contributed by atoms with Crippen molar-refractivity contribution < 1.29 is 22.4 Å². The fourth-order valence-electron chi connectivity index (χ4n) is 2.46. The van der Waals surface area contributed by atoms with Crippen LogP contribution in [0, 0.1) is 0 Å². The number of aromatic nitrogens is 1. The third kappa shape index (κ3) is 2.44. The minimum atomic E-state index is -3.97. The second-order valence-electron chi connectivity index (χ2n) is 5.03. The first kappa shape index (κ1) is 15.1. The Morgan fingerprint density at radius 2 is 1.88 bits per heavy atom. The van der Waals surface area contributed by atoms with Gasteiger partial charge in [-0.15, -0.1) is 0 Å². The first-order valence-corrected chi connectivity index (χ1v) is 8.88. The highest BCUT2D eigenvalue weighted by Gasteiger charge is 2.27. The molecule has 4 rings (SSSR count). The molecule has 1 aliphatic heterocycles. The summed E-state index contributed by atoms with van der Waals surface area (Å²) in [6.45, 7) is 0.645. The van der Waals surface area contributed by atoms with E-state index in [1.54, 1.807) is 30.3 Å². The molecule has 124 valence electrons. The zero-order chi connectivity index (χ0) is 16.7. The lowest BCUT2D eigenvalue weighted by molar-refractivity contribution is 0.167. The summed E-state index contributed by atoms with van der Waals surface area (Å²) >= 11 is 6.11. The van der Waals surface area contributed by atoms with Gasteiger partial charge in [0.05, 0.1) is 10.4 Å². The molecule has 0 radical (unpaired) electrons. The van der Waals surface area contributed by atoms with Gasteiger partial charge in [-0.2, -0.15) is 0 Å². The van der Waals surface area contributed by atoms with E-state index >= 15 is 0 Å². The smallest absolute Gasteiger partial charge is 0.266 e. The van der Waals surface area contributed by atoms with Crippen molar-refractivity contribution in [3.8, 4) is 11.5 Å². The molecule has 0 fully saturated rings. The van der Waals surface area contributed by atoms with Crippen LogP contribution in [0.2, 0.25) is 5.02 Å². The van der Waals surface area contributed by atoms with Crippen molar-refractivity contribution in [2.75, 3.05) is 17.9 Å². The summed E-state index contributed by atoms with van der Waals surface area (Å²) < 4.78 is 43.9. The normalized spacial score (nSPS) is 13.9. The van der Waals surface area contributed by atoms with E-state index in [9.17, 15) is 8.42 Å². The Morgan fingerprint density at radius 1 is 1.08 bits per heavy atom. The Balaban J connectivity index is 1.79. The fourth-order valence-corrected chi connectivity index (χ4v) is 3.88. The number of halogens is 1. The summed E-state index contributed by atoms with van der Waals surface area (Å²) in [7, 11) is -3.97. The molecule has 0 bridgehead atoms. The summed E-state index contributed by atoms with van der Waals surface area (Å²) in [5, 5.41) is 4.48. The number of hydrogen-bond acceptors (Lipinski definition) is 6. The zero-order valence-corrected chi connectivity index (χ0v) is 13.7. The molecule has 0 saturated carbocycles. The molecule has 0 amide bonds. The van der Waals surface area contributed by atoms with Gasteiger partial charge in [0, 0.05) is 0 Å². The minimum Gasteiger partial charge on any atom is -0.486 e. The Labute approximate surface area is 142 Å². The molecule has 0 aliphatic carbocycles. The van der Waals surface area contributed by atoms with Crippen LogP contribution in [0.25, 0.3) is 11.0 Å². The van der Waals surface area contributed by atoms with Crippen LogP contribution in [0.4, 0.5) is 5.82 Å². The Bertz CT molecular complexity index is 1030. The molecule has 0 atom stereocenters. The highest BCUT2D eigenvalue weighted by atomic mass is 35.5. The van der Waals surface area contributed by atoms with Crippen molar-refractivity contribution in [3.05, 3.63) is 41.4 Å². The molecular formula is C15H11ClN2O5S. The molecule has 1 N–H and O–H groups in total. The predicted molar refractivity (Wildman–Crippen MR) is 87.3 cm³/mol. The first-order chi connectivity index (χ1) is 11.6. The average molecular weight is 367 g/mol. The van der Waals surface area contributed by atoms with Crippen molar-refractivity contribution in [2.24, 2.45) is 0 Å². The Hall–Kier alpha value is -2.45. The summed E-state index contributed by atoms with van der Waals surface area (Å²) in [5.41, 5.74) is 0.384. The van der Waals surface area contributed by atoms with Crippen molar-refractivity contribution in [3.63, 3.8) is 0 Å². The molecule has 1 aliphatic rings. The number of nitrogens with zero attached hydrogens (tertiary/aromatic N) is 1. The van der Waals surface area contributed by atoms with Crippen LogP contribution in [-0.4, -0.2) is 26.8 Å². The van der Waals surface area contributed by atoms with E-state index in [0.717, 1.165) is 0 Å². The van der Waals surface area contributed by atoms with Gasteiger partial charge in [0.25, 0.3) is 10.0 Å². The van der Waals surface area contributed by atoms with Gasteiger partial charge in [0.2, 0.25) is 0 Å². The number of hydrogen-bond donors (Lipinski definition) is 1. The summed E-state index contributed by atoms with van der Waals surface area (Å²) in [5.74, 6) is 0.576. The number of anilines is 1. The standard InChI is InChI=1S/C15H11ClN2O5S/c16-9-3-1-4-10-13(9)15(17-23-10)18-24(19,20)12-6-2-5-11-14(12)22-8-7-21-11/h1-6H,7-8H2,(H,17,18). The van der Waals surface area contributed by atoms with Gasteiger partial charge in [0.1, 0.15) is 18.1 Å². The van der Waals surface area contributed by atoms with Crippen LogP contribution in [-0.2, 0) is 10.0 Å². The summed E-state index contributed by atoms with van der Waals surface area (Å²) in [4.78, 5) is -0.0390. The third-order valence-corrected chi connectivity index (χ3v) is 5.18. The molecule has 2 aromatic carbocycles. The summed E-state index contributed by atoms with van der Waals surface area (Å²) in [6.07, 6.45) is 0. The van der Waals surface area contributed by atoms with Gasteiger partial charge in [-0.3, -0.25) is 4.72 Å². The van der Waals surface area contributed by atoms with Crippen molar-refractivity contribution in [2.45, 2.75) is 4.90 Å². The second-order valence-corrected chi connectivity index (χ2v) is 7.09. The van der Waals surface area contributed by atoms with E-state index in [-0.39, 0.29) is 23.1 Å². The fraction of sp³-hybridized carbons (Fsp3) is 0.133. The van der Waals surface area contributed by atoms with E-state index < -0.39 is 10.0 Å². The molecular weight excluding hydrogens is 356 g/mol. The molecule has 1 aromatic heterocycles. The minimum absolute atomic E-state index is 0.0185. The predicted octanol–water partition coefficient (Wildman–Crippen LogP) is 3.05. The number of fused-ring (bicyclic) bond motifs is 2. The molecule has 0 unspecified atom stereocenters. The number of benzene rings is 2. The van der Waals surface area contributed by atoms with Gasteiger partial charge in [-0.25, -0.2) is 8.42 Å². The average Bonchev–Trinajstić information content (AvgIpc) is 2.98. The van der Waals surface area contributed by atoms with Crippen molar-refractivity contribution in [1.82, 2.24) is 5.16 Å². The maximum absolute atomic E-state index is 12.8. The zero-order valence-electron chi connectivity index (χ0n) is 12.2. The number of para-hydroxylation sites is 1. The highest BCUT2D eigenvalue weighted by molar-refractivity contribution is 7.92. The summed E-state index contributed by atoms with van der Waals surface area (Å²) in [6, 6.07) is 9.62. The highest BCUT2D eigenvalue weighted by Crippen LogP contribution is 2.38. The van der Waals surface area contributed by atoms with Crippen LogP contribution >= 0.6 is 11.6 Å². The quantitative estimate of drug-likeness (QED) is 0.766. The largest absolute Gasteiger partial charge is 0.486 e. The van der Waals surface area contributed by atoms with E-state index in [2.05, 4.69) is 9.88 Å². The van der Waals surface area contributed by atoms with E-state index in [0.29, 0.717) is 28.3 Å².